The summed E-state index contributed by atoms with van der Waals surface area (Å²) in [5.74, 6) is 2.03. The van der Waals surface area contributed by atoms with Gasteiger partial charge in [0, 0.05) is 18.5 Å². The van der Waals surface area contributed by atoms with Crippen molar-refractivity contribution >= 4 is 10.8 Å². The van der Waals surface area contributed by atoms with Crippen molar-refractivity contribution in [3.05, 3.63) is 71.5 Å². The average Bonchev–Trinajstić information content (AvgIpc) is 3.27. The van der Waals surface area contributed by atoms with Crippen LogP contribution in [-0.2, 0) is 6.42 Å². The van der Waals surface area contributed by atoms with Gasteiger partial charge in [-0.25, -0.2) is 4.39 Å². The minimum absolute atomic E-state index is 0.193. The summed E-state index contributed by atoms with van der Waals surface area (Å²) in [6.45, 7) is 3.52. The molecule has 0 aromatic heterocycles. The van der Waals surface area contributed by atoms with E-state index >= 15 is 0 Å². The molecule has 0 saturated carbocycles. The first-order chi connectivity index (χ1) is 15.2. The van der Waals surface area contributed by atoms with Gasteiger partial charge in [0.1, 0.15) is 30.0 Å². The SMILES string of the molecule is O[C@H](COc1cccc2c1CCO2)CN1CCC(c2ccc3cc(F)ccc3c2)CC1. The molecular weight excluding hydrogens is 393 g/mol. The van der Waals surface area contributed by atoms with Crippen LogP contribution in [0.5, 0.6) is 11.5 Å². The first kappa shape index (κ1) is 20.3. The van der Waals surface area contributed by atoms with Crippen LogP contribution in [0.4, 0.5) is 4.39 Å². The molecule has 0 unspecified atom stereocenters. The molecule has 2 aliphatic rings. The van der Waals surface area contributed by atoms with Crippen molar-refractivity contribution in [1.29, 1.82) is 0 Å². The number of aliphatic hydroxyl groups is 1. The predicted molar refractivity (Wildman–Crippen MR) is 119 cm³/mol. The number of hydrogen-bond donors (Lipinski definition) is 1. The second-order valence-corrected chi connectivity index (χ2v) is 8.62. The largest absolute Gasteiger partial charge is 0.493 e. The number of likely N-dealkylation sites (tertiary alicyclic amines) is 1. The molecule has 2 aliphatic heterocycles. The van der Waals surface area contributed by atoms with E-state index in [1.165, 1.54) is 11.6 Å². The van der Waals surface area contributed by atoms with E-state index in [-0.39, 0.29) is 12.4 Å². The minimum Gasteiger partial charge on any atom is -0.493 e. The molecular formula is C26H28FNO3. The Balaban J connectivity index is 1.12. The maximum atomic E-state index is 13.4. The third kappa shape index (κ3) is 4.53. The van der Waals surface area contributed by atoms with E-state index in [1.54, 1.807) is 6.07 Å². The summed E-state index contributed by atoms with van der Waals surface area (Å²) in [5.41, 5.74) is 2.43. The van der Waals surface area contributed by atoms with Gasteiger partial charge in [0.25, 0.3) is 0 Å². The maximum Gasteiger partial charge on any atom is 0.126 e. The van der Waals surface area contributed by atoms with E-state index < -0.39 is 6.10 Å². The molecule has 3 aromatic carbocycles. The number of piperidine rings is 1. The highest BCUT2D eigenvalue weighted by molar-refractivity contribution is 5.83. The van der Waals surface area contributed by atoms with Gasteiger partial charge in [-0.2, -0.15) is 0 Å². The normalized spacial score (nSPS) is 18.0. The van der Waals surface area contributed by atoms with Crippen LogP contribution in [0, 0.1) is 5.82 Å². The summed E-state index contributed by atoms with van der Waals surface area (Å²) in [7, 11) is 0. The highest BCUT2D eigenvalue weighted by atomic mass is 19.1. The molecule has 1 fully saturated rings. The van der Waals surface area contributed by atoms with E-state index in [0.717, 1.165) is 60.2 Å². The van der Waals surface area contributed by atoms with E-state index in [0.29, 0.717) is 19.1 Å². The highest BCUT2D eigenvalue weighted by Gasteiger charge is 2.23. The van der Waals surface area contributed by atoms with Gasteiger partial charge < -0.3 is 19.5 Å². The number of nitrogens with zero attached hydrogens (tertiary/aromatic N) is 1. The van der Waals surface area contributed by atoms with Crippen molar-refractivity contribution in [2.45, 2.75) is 31.3 Å². The zero-order valence-corrected chi connectivity index (χ0v) is 17.6. The van der Waals surface area contributed by atoms with Crippen LogP contribution in [0.2, 0.25) is 0 Å². The quantitative estimate of drug-likeness (QED) is 0.635. The van der Waals surface area contributed by atoms with Crippen LogP contribution in [0.1, 0.15) is 29.9 Å². The van der Waals surface area contributed by atoms with Crippen molar-refractivity contribution in [3.63, 3.8) is 0 Å². The molecule has 1 N–H and O–H groups in total. The Labute approximate surface area is 182 Å². The lowest BCUT2D eigenvalue weighted by Crippen LogP contribution is -2.40. The van der Waals surface area contributed by atoms with Crippen molar-refractivity contribution in [1.82, 2.24) is 4.90 Å². The zero-order valence-electron chi connectivity index (χ0n) is 17.6. The molecule has 3 aromatic rings. The lowest BCUT2D eigenvalue weighted by Gasteiger charge is -2.33. The Bertz CT molecular complexity index is 1060. The summed E-state index contributed by atoms with van der Waals surface area (Å²) < 4.78 is 24.9. The van der Waals surface area contributed by atoms with E-state index in [4.69, 9.17) is 9.47 Å². The Morgan fingerprint density at radius 2 is 1.87 bits per heavy atom. The standard InChI is InChI=1S/C26H28FNO3/c27-22-7-6-20-14-19(4-5-21(20)15-22)18-8-11-28(12-9-18)16-23(29)17-31-26-3-1-2-25-24(26)10-13-30-25/h1-7,14-15,18,23,29H,8-13,16-17H2/t23-/m0/s1. The number of benzene rings is 3. The fraction of sp³-hybridized carbons (Fsp3) is 0.385. The summed E-state index contributed by atoms with van der Waals surface area (Å²) in [6.07, 6.45) is 2.46. The van der Waals surface area contributed by atoms with Crippen LogP contribution >= 0.6 is 0 Å². The number of aliphatic hydroxyl groups excluding tert-OH is 1. The summed E-state index contributed by atoms with van der Waals surface area (Å²) in [5, 5.41) is 12.5. The molecule has 4 nitrogen and oxygen atoms in total. The minimum atomic E-state index is -0.523. The van der Waals surface area contributed by atoms with Crippen molar-refractivity contribution in [2.24, 2.45) is 0 Å². The molecule has 0 radical (unpaired) electrons. The molecule has 0 spiro atoms. The van der Waals surface area contributed by atoms with Crippen LogP contribution in [0.15, 0.2) is 54.6 Å². The third-order valence-corrected chi connectivity index (χ3v) is 6.49. The molecule has 0 amide bonds. The molecule has 5 heteroatoms. The summed E-state index contributed by atoms with van der Waals surface area (Å²) in [6, 6.07) is 17.1. The molecule has 0 bridgehead atoms. The topological polar surface area (TPSA) is 41.9 Å². The molecule has 1 atom stereocenters. The lowest BCUT2D eigenvalue weighted by atomic mass is 9.88. The van der Waals surface area contributed by atoms with Gasteiger partial charge in [-0.3, -0.25) is 0 Å². The van der Waals surface area contributed by atoms with Crippen LogP contribution < -0.4 is 9.47 Å². The molecule has 31 heavy (non-hydrogen) atoms. The van der Waals surface area contributed by atoms with Gasteiger partial charge in [-0.1, -0.05) is 30.3 Å². The molecule has 2 heterocycles. The third-order valence-electron chi connectivity index (χ3n) is 6.49. The second-order valence-electron chi connectivity index (χ2n) is 8.62. The van der Waals surface area contributed by atoms with E-state index in [1.807, 2.05) is 30.3 Å². The average molecular weight is 422 g/mol. The smallest absolute Gasteiger partial charge is 0.126 e. The molecule has 162 valence electrons. The fourth-order valence-corrected chi connectivity index (χ4v) is 4.80. The van der Waals surface area contributed by atoms with Crippen molar-refractivity contribution < 1.29 is 19.0 Å². The van der Waals surface area contributed by atoms with Crippen molar-refractivity contribution in [2.75, 3.05) is 32.8 Å². The van der Waals surface area contributed by atoms with Gasteiger partial charge in [-0.15, -0.1) is 0 Å². The Hall–Kier alpha value is -2.63. The summed E-state index contributed by atoms with van der Waals surface area (Å²) >= 11 is 0. The zero-order chi connectivity index (χ0) is 21.2. The molecule has 5 rings (SSSR count). The van der Waals surface area contributed by atoms with Crippen molar-refractivity contribution in [3.8, 4) is 11.5 Å². The Morgan fingerprint density at radius 1 is 1.06 bits per heavy atom. The summed E-state index contributed by atoms with van der Waals surface area (Å²) in [4.78, 5) is 2.32. The number of ether oxygens (including phenoxy) is 2. The Kier molecular flexibility index (Phi) is 5.79. The lowest BCUT2D eigenvalue weighted by molar-refractivity contribution is 0.0592. The molecule has 0 aliphatic carbocycles. The number of β-amino-alcohol motifs (C(OH)–C–C–N with tert-alkyl or cyclic N) is 1. The van der Waals surface area contributed by atoms with Crippen LogP contribution in [-0.4, -0.2) is 49.0 Å². The number of hydrogen-bond acceptors (Lipinski definition) is 4. The maximum absolute atomic E-state index is 13.4. The first-order valence-electron chi connectivity index (χ1n) is 11.1. The van der Waals surface area contributed by atoms with Crippen LogP contribution in [0.3, 0.4) is 0 Å². The number of fused-ring (bicyclic) bond motifs is 2. The monoisotopic (exact) mass is 421 g/mol. The van der Waals surface area contributed by atoms with E-state index in [2.05, 4.69) is 17.0 Å². The first-order valence-corrected chi connectivity index (χ1v) is 11.1. The van der Waals surface area contributed by atoms with Gasteiger partial charge in [0.15, 0.2) is 0 Å². The van der Waals surface area contributed by atoms with Gasteiger partial charge in [0.2, 0.25) is 0 Å². The van der Waals surface area contributed by atoms with Gasteiger partial charge in [-0.05, 0) is 72.5 Å². The predicted octanol–water partition coefficient (Wildman–Crippen LogP) is 4.53. The second kappa shape index (κ2) is 8.85. The molecule has 1 saturated heterocycles. The number of halogens is 1. The van der Waals surface area contributed by atoms with Crippen LogP contribution in [0.25, 0.3) is 10.8 Å². The van der Waals surface area contributed by atoms with Gasteiger partial charge in [0.05, 0.1) is 6.61 Å². The Morgan fingerprint density at radius 3 is 2.74 bits per heavy atom. The van der Waals surface area contributed by atoms with E-state index in [9.17, 15) is 9.50 Å². The highest BCUT2D eigenvalue weighted by Crippen LogP contribution is 2.33. The number of rotatable bonds is 6. The van der Waals surface area contributed by atoms with Gasteiger partial charge >= 0.3 is 0 Å². The fourth-order valence-electron chi connectivity index (χ4n) is 4.80.